The third-order valence-electron chi connectivity index (χ3n) is 9.29. The van der Waals surface area contributed by atoms with Crippen LogP contribution in [-0.4, -0.2) is 44.9 Å². The molecule has 0 bridgehead atoms. The van der Waals surface area contributed by atoms with Gasteiger partial charge in [-0.05, 0) is 55.2 Å². The lowest BCUT2D eigenvalue weighted by Gasteiger charge is -2.59. The number of ether oxygens (including phenoxy) is 1. The van der Waals surface area contributed by atoms with Crippen LogP contribution in [0, 0.1) is 22.7 Å². The second-order valence-electron chi connectivity index (χ2n) is 12.8. The van der Waals surface area contributed by atoms with E-state index in [2.05, 4.69) is 13.8 Å². The summed E-state index contributed by atoms with van der Waals surface area (Å²) >= 11 is 0. The van der Waals surface area contributed by atoms with Crippen molar-refractivity contribution in [1.82, 2.24) is 0 Å². The van der Waals surface area contributed by atoms with Crippen LogP contribution >= 0.6 is 0 Å². The summed E-state index contributed by atoms with van der Waals surface area (Å²) in [6, 6.07) is 3.78. The van der Waals surface area contributed by atoms with E-state index in [1.165, 1.54) is 0 Å². The highest BCUT2D eigenvalue weighted by Gasteiger charge is 2.71. The minimum atomic E-state index is -2.55. The molecule has 0 spiro atoms. The van der Waals surface area contributed by atoms with Crippen molar-refractivity contribution < 1.29 is 34.4 Å². The monoisotopic (exact) mass is 538 g/mol. The molecule has 4 atom stereocenters. The number of Topliss-reactive ketones (excluding diaryl/α,β-unsaturated/α-hetero) is 3. The van der Waals surface area contributed by atoms with Crippen molar-refractivity contribution in [2.45, 2.75) is 92.6 Å². The second-order valence-corrected chi connectivity index (χ2v) is 12.8. The van der Waals surface area contributed by atoms with Gasteiger partial charge in [-0.15, -0.1) is 0 Å². The standard InChI is InChI=1S/C32H42O7/c1-9-10-13-39-21-12-11-19(16(2)3)20-14-30(7)15-31(8)24(17(4)5)26(34)22(18(6)33)28(36)32(31,38)29(37)25(30)27(35)23(20)21/h11-12,16-17,24,34,37-38H,9-10,13-15H2,1-8H3/t24?,30-,31-,32+/m1/s1. The number of hydrogen-bond donors (Lipinski definition) is 3. The van der Waals surface area contributed by atoms with E-state index in [1.807, 2.05) is 33.8 Å². The van der Waals surface area contributed by atoms with Crippen LogP contribution in [0.2, 0.25) is 0 Å². The predicted molar refractivity (Wildman–Crippen MR) is 148 cm³/mol. The summed E-state index contributed by atoms with van der Waals surface area (Å²) in [5.41, 5.74) is -3.18. The van der Waals surface area contributed by atoms with Crippen molar-refractivity contribution in [1.29, 1.82) is 0 Å². The van der Waals surface area contributed by atoms with Crippen LogP contribution in [0.1, 0.15) is 102 Å². The normalized spacial score (nSPS) is 30.5. The number of fused-ring (bicyclic) bond motifs is 3. The maximum Gasteiger partial charge on any atom is 0.209 e. The zero-order valence-corrected chi connectivity index (χ0v) is 24.4. The molecule has 212 valence electrons. The minimum Gasteiger partial charge on any atom is -0.511 e. The van der Waals surface area contributed by atoms with Gasteiger partial charge in [0.2, 0.25) is 5.78 Å². The van der Waals surface area contributed by atoms with Crippen LogP contribution < -0.4 is 4.74 Å². The van der Waals surface area contributed by atoms with E-state index in [1.54, 1.807) is 13.0 Å². The van der Waals surface area contributed by atoms with E-state index in [-0.39, 0.29) is 29.6 Å². The van der Waals surface area contributed by atoms with E-state index in [4.69, 9.17) is 4.74 Å². The molecule has 1 unspecified atom stereocenters. The Bertz CT molecular complexity index is 1320. The van der Waals surface area contributed by atoms with Gasteiger partial charge in [0.1, 0.15) is 22.8 Å². The Hall–Kier alpha value is -2.93. The fourth-order valence-electron chi connectivity index (χ4n) is 7.73. The molecule has 0 aliphatic heterocycles. The number of ketones is 3. The van der Waals surface area contributed by atoms with Gasteiger partial charge in [0, 0.05) is 22.3 Å². The first-order chi connectivity index (χ1) is 18.1. The van der Waals surface area contributed by atoms with Gasteiger partial charge in [0.15, 0.2) is 17.2 Å². The molecule has 0 radical (unpaired) electrons. The molecule has 0 saturated carbocycles. The Balaban J connectivity index is 2.03. The second kappa shape index (κ2) is 9.61. The van der Waals surface area contributed by atoms with Crippen LogP contribution in [0.25, 0.3) is 0 Å². The molecular formula is C32H42O7. The lowest BCUT2D eigenvalue weighted by atomic mass is 9.44. The lowest BCUT2D eigenvalue weighted by molar-refractivity contribution is -0.171. The SMILES string of the molecule is CCCCOc1ccc(C(C)C)c2c1C(=O)C1=C(O)[C@@]3(O)C(=O)C(C(C)=O)=C(O)C(C(C)C)[C@@]3(C)C[C@@]1(C)C2. The maximum absolute atomic E-state index is 14.4. The molecule has 4 rings (SSSR count). The largest absolute Gasteiger partial charge is 0.511 e. The zero-order chi connectivity index (χ0) is 29.2. The predicted octanol–water partition coefficient (Wildman–Crippen LogP) is 5.94. The van der Waals surface area contributed by atoms with Gasteiger partial charge in [0.05, 0.1) is 12.2 Å². The van der Waals surface area contributed by atoms with Crippen LogP contribution in [0.15, 0.2) is 34.8 Å². The topological polar surface area (TPSA) is 121 Å². The Kier molecular flexibility index (Phi) is 7.16. The molecule has 7 heteroatoms. The molecule has 1 aromatic rings. The number of rotatable bonds is 7. The van der Waals surface area contributed by atoms with Crippen molar-refractivity contribution in [3.8, 4) is 5.75 Å². The molecule has 39 heavy (non-hydrogen) atoms. The average Bonchev–Trinajstić information content (AvgIpc) is 2.80. The number of unbranched alkanes of at least 4 members (excludes halogenated alkanes) is 1. The highest BCUT2D eigenvalue weighted by molar-refractivity contribution is 6.25. The average molecular weight is 539 g/mol. The third-order valence-corrected chi connectivity index (χ3v) is 9.29. The van der Waals surface area contributed by atoms with Crippen molar-refractivity contribution in [3.05, 3.63) is 51.5 Å². The van der Waals surface area contributed by atoms with Crippen molar-refractivity contribution in [2.24, 2.45) is 22.7 Å². The molecule has 7 nitrogen and oxygen atoms in total. The fourth-order valence-corrected chi connectivity index (χ4v) is 7.73. The summed E-state index contributed by atoms with van der Waals surface area (Å²) < 4.78 is 6.04. The van der Waals surface area contributed by atoms with Gasteiger partial charge in [-0.1, -0.05) is 61.0 Å². The molecular weight excluding hydrogens is 496 g/mol. The molecule has 0 fully saturated rings. The molecule has 0 saturated heterocycles. The van der Waals surface area contributed by atoms with E-state index in [0.29, 0.717) is 24.3 Å². The highest BCUT2D eigenvalue weighted by Crippen LogP contribution is 2.65. The number of benzene rings is 1. The Morgan fingerprint density at radius 3 is 2.31 bits per heavy atom. The van der Waals surface area contributed by atoms with Gasteiger partial charge in [0.25, 0.3) is 0 Å². The van der Waals surface area contributed by atoms with Gasteiger partial charge in [-0.25, -0.2) is 0 Å². The first-order valence-corrected chi connectivity index (χ1v) is 14.1. The lowest BCUT2D eigenvalue weighted by Crippen LogP contribution is -2.67. The molecule has 0 amide bonds. The van der Waals surface area contributed by atoms with Crippen LogP contribution in [0.3, 0.4) is 0 Å². The summed E-state index contributed by atoms with van der Waals surface area (Å²) in [7, 11) is 0. The fraction of sp³-hybridized carbons (Fsp3) is 0.594. The minimum absolute atomic E-state index is 0.0172. The summed E-state index contributed by atoms with van der Waals surface area (Å²) in [4.78, 5) is 40.7. The number of aliphatic hydroxyl groups excluding tert-OH is 2. The molecule has 0 aromatic heterocycles. The Morgan fingerprint density at radius 1 is 1.13 bits per heavy atom. The number of carbonyl (C=O) groups excluding carboxylic acids is 3. The van der Waals surface area contributed by atoms with Crippen LogP contribution in [0.5, 0.6) is 5.75 Å². The van der Waals surface area contributed by atoms with E-state index < -0.39 is 51.0 Å². The van der Waals surface area contributed by atoms with Crippen molar-refractivity contribution in [3.63, 3.8) is 0 Å². The maximum atomic E-state index is 14.4. The summed E-state index contributed by atoms with van der Waals surface area (Å²) in [5, 5.41) is 35.3. The van der Waals surface area contributed by atoms with E-state index >= 15 is 0 Å². The molecule has 0 heterocycles. The number of hydrogen-bond acceptors (Lipinski definition) is 7. The smallest absolute Gasteiger partial charge is 0.209 e. The third kappa shape index (κ3) is 3.91. The first-order valence-electron chi connectivity index (χ1n) is 14.1. The van der Waals surface area contributed by atoms with Gasteiger partial charge in [-0.2, -0.15) is 0 Å². The van der Waals surface area contributed by atoms with Crippen molar-refractivity contribution in [2.75, 3.05) is 6.61 Å². The van der Waals surface area contributed by atoms with Gasteiger partial charge >= 0.3 is 0 Å². The van der Waals surface area contributed by atoms with Gasteiger partial charge in [-0.3, -0.25) is 14.4 Å². The molecule has 3 aliphatic carbocycles. The number of aliphatic hydroxyl groups is 3. The summed E-state index contributed by atoms with van der Waals surface area (Å²) in [6.07, 6.45) is 2.27. The van der Waals surface area contributed by atoms with Crippen molar-refractivity contribution >= 4 is 17.3 Å². The highest BCUT2D eigenvalue weighted by atomic mass is 16.5. The summed E-state index contributed by atoms with van der Waals surface area (Å²) in [5.74, 6) is -3.84. The molecule has 3 aliphatic rings. The van der Waals surface area contributed by atoms with Crippen LogP contribution in [-0.2, 0) is 16.0 Å². The number of allylic oxidation sites excluding steroid dienone is 2. The van der Waals surface area contributed by atoms with Crippen LogP contribution in [0.4, 0.5) is 0 Å². The number of carbonyl (C=O) groups is 3. The first kappa shape index (κ1) is 29.1. The molecule has 1 aromatic carbocycles. The quantitative estimate of drug-likeness (QED) is 0.290. The van der Waals surface area contributed by atoms with Gasteiger partial charge < -0.3 is 20.1 Å². The Labute approximate surface area is 231 Å². The van der Waals surface area contributed by atoms with E-state index in [0.717, 1.165) is 30.9 Å². The van der Waals surface area contributed by atoms with E-state index in [9.17, 15) is 29.7 Å². The zero-order valence-electron chi connectivity index (χ0n) is 24.4. The summed E-state index contributed by atoms with van der Waals surface area (Å²) in [6.45, 7) is 15.0. The molecule has 3 N–H and O–H groups in total. The Morgan fingerprint density at radius 2 is 1.77 bits per heavy atom.